The maximum absolute atomic E-state index is 15.0. The summed E-state index contributed by atoms with van der Waals surface area (Å²) in [6, 6.07) is 18.3. The lowest BCUT2D eigenvalue weighted by atomic mass is 9.78. The third-order valence-electron chi connectivity index (χ3n) is 7.44. The Morgan fingerprint density at radius 2 is 1.56 bits per heavy atom. The Morgan fingerprint density at radius 3 is 2.26 bits per heavy atom. The smallest absolute Gasteiger partial charge is 0.146 e. The highest BCUT2D eigenvalue weighted by Crippen LogP contribution is 2.34. The van der Waals surface area contributed by atoms with Gasteiger partial charge in [-0.25, -0.2) is 4.39 Å². The monoisotopic (exact) mass is 452 g/mol. The van der Waals surface area contributed by atoms with E-state index in [1.165, 1.54) is 49.7 Å². The second-order valence-corrected chi connectivity index (χ2v) is 9.97. The van der Waals surface area contributed by atoms with Crippen molar-refractivity contribution in [3.8, 4) is 11.8 Å². The molecule has 1 heteroatoms. The third kappa shape index (κ3) is 6.38. The van der Waals surface area contributed by atoms with E-state index in [-0.39, 0.29) is 5.82 Å². The van der Waals surface area contributed by atoms with Crippen molar-refractivity contribution in [3.63, 3.8) is 0 Å². The number of hydrogen-bond acceptors (Lipinski definition) is 0. The molecule has 1 aliphatic carbocycles. The molecule has 0 bridgehead atoms. The van der Waals surface area contributed by atoms with Gasteiger partial charge in [0.1, 0.15) is 5.82 Å². The van der Waals surface area contributed by atoms with Crippen molar-refractivity contribution < 1.29 is 4.39 Å². The molecule has 0 amide bonds. The molecule has 0 radical (unpaired) electrons. The summed E-state index contributed by atoms with van der Waals surface area (Å²) in [5.74, 6) is 7.77. The molecule has 0 unspecified atom stereocenters. The van der Waals surface area contributed by atoms with Gasteiger partial charge in [-0.2, -0.15) is 0 Å². The van der Waals surface area contributed by atoms with E-state index < -0.39 is 0 Å². The zero-order valence-corrected chi connectivity index (χ0v) is 20.6. The number of hydrogen-bond donors (Lipinski definition) is 0. The van der Waals surface area contributed by atoms with Crippen molar-refractivity contribution in [3.05, 3.63) is 95.3 Å². The fourth-order valence-electron chi connectivity index (χ4n) is 5.31. The number of benzene rings is 3. The quantitative estimate of drug-likeness (QED) is 0.236. The maximum Gasteiger partial charge on any atom is 0.146 e. The van der Waals surface area contributed by atoms with Gasteiger partial charge in [0.2, 0.25) is 0 Å². The molecule has 1 saturated carbocycles. The first-order valence-corrected chi connectivity index (χ1v) is 13.1. The van der Waals surface area contributed by atoms with Gasteiger partial charge in [0.05, 0.1) is 5.56 Å². The van der Waals surface area contributed by atoms with E-state index in [2.05, 4.69) is 61.8 Å². The summed E-state index contributed by atoms with van der Waals surface area (Å²) in [5.41, 5.74) is 4.02. The predicted molar refractivity (Wildman–Crippen MR) is 144 cm³/mol. The van der Waals surface area contributed by atoms with Crippen LogP contribution in [-0.4, -0.2) is 0 Å². The first-order chi connectivity index (χ1) is 16.7. The van der Waals surface area contributed by atoms with E-state index in [0.29, 0.717) is 10.9 Å². The molecule has 34 heavy (non-hydrogen) atoms. The van der Waals surface area contributed by atoms with E-state index in [9.17, 15) is 0 Å². The van der Waals surface area contributed by atoms with E-state index in [0.717, 1.165) is 48.5 Å². The number of allylic oxidation sites excluding steroid dienone is 1. The number of rotatable bonds is 8. The molecule has 0 nitrogen and oxygen atoms in total. The van der Waals surface area contributed by atoms with Gasteiger partial charge in [0.15, 0.2) is 0 Å². The Morgan fingerprint density at radius 1 is 0.853 bits per heavy atom. The van der Waals surface area contributed by atoms with Crippen molar-refractivity contribution in [2.24, 2.45) is 11.8 Å². The number of aryl methyl sites for hydroxylation is 2. The Balaban J connectivity index is 1.33. The van der Waals surface area contributed by atoms with Crippen molar-refractivity contribution >= 4 is 10.8 Å². The molecule has 4 rings (SSSR count). The van der Waals surface area contributed by atoms with Crippen LogP contribution < -0.4 is 0 Å². The van der Waals surface area contributed by atoms with Gasteiger partial charge < -0.3 is 0 Å². The first kappa shape index (κ1) is 24.3. The molecular formula is C33H37F. The minimum Gasteiger partial charge on any atom is -0.205 e. The lowest BCUT2D eigenvalue weighted by molar-refractivity contribution is 0.254. The summed E-state index contributed by atoms with van der Waals surface area (Å²) >= 11 is 0. The van der Waals surface area contributed by atoms with E-state index in [1.807, 2.05) is 18.2 Å². The highest BCUT2D eigenvalue weighted by Gasteiger charge is 2.20. The summed E-state index contributed by atoms with van der Waals surface area (Å²) < 4.78 is 15.0. The lowest BCUT2D eigenvalue weighted by Gasteiger charge is -2.28. The zero-order chi connectivity index (χ0) is 23.8. The summed E-state index contributed by atoms with van der Waals surface area (Å²) in [6.07, 6.45) is 14.6. The molecule has 0 heterocycles. The lowest BCUT2D eigenvalue weighted by Crippen LogP contribution is -2.15. The standard InChI is InChI=1S/C33H37F/c1-3-5-7-25-8-10-26(11-9-25)12-13-27-14-16-28(17-15-27)18-20-30-21-22-31-24-29(6-4-2)19-23-32(31)33(30)34/h3,14-17,19,21-26H,1,4-13H2,2H3. The molecule has 0 spiro atoms. The van der Waals surface area contributed by atoms with Crippen LogP contribution in [0, 0.1) is 29.5 Å². The minimum atomic E-state index is -0.219. The molecule has 0 atom stereocenters. The van der Waals surface area contributed by atoms with Crippen LogP contribution in [-0.2, 0) is 12.8 Å². The van der Waals surface area contributed by atoms with Gasteiger partial charge in [-0.15, -0.1) is 6.58 Å². The van der Waals surface area contributed by atoms with Crippen molar-refractivity contribution in [1.29, 1.82) is 0 Å². The van der Waals surface area contributed by atoms with Gasteiger partial charge >= 0.3 is 0 Å². The summed E-state index contributed by atoms with van der Waals surface area (Å²) in [4.78, 5) is 0. The highest BCUT2D eigenvalue weighted by atomic mass is 19.1. The Bertz CT molecular complexity index is 1150. The van der Waals surface area contributed by atoms with Crippen LogP contribution >= 0.6 is 0 Å². The van der Waals surface area contributed by atoms with Gasteiger partial charge in [0, 0.05) is 10.9 Å². The maximum atomic E-state index is 15.0. The molecular weight excluding hydrogens is 415 g/mol. The molecule has 0 N–H and O–H groups in total. The third-order valence-corrected chi connectivity index (χ3v) is 7.44. The Kier molecular flexibility index (Phi) is 8.59. The average Bonchev–Trinajstić information content (AvgIpc) is 2.87. The normalized spacial score (nSPS) is 17.8. The zero-order valence-electron chi connectivity index (χ0n) is 20.6. The summed E-state index contributed by atoms with van der Waals surface area (Å²) in [5, 5.41) is 1.60. The molecule has 0 saturated heterocycles. The topological polar surface area (TPSA) is 0 Å². The van der Waals surface area contributed by atoms with Crippen molar-refractivity contribution in [1.82, 2.24) is 0 Å². The fraction of sp³-hybridized carbons (Fsp3) is 0.394. The van der Waals surface area contributed by atoms with Crippen molar-refractivity contribution in [2.75, 3.05) is 0 Å². The largest absolute Gasteiger partial charge is 0.205 e. The molecule has 0 aromatic heterocycles. The van der Waals surface area contributed by atoms with E-state index in [4.69, 9.17) is 0 Å². The molecule has 0 aliphatic heterocycles. The van der Waals surface area contributed by atoms with E-state index >= 15 is 4.39 Å². The van der Waals surface area contributed by atoms with Gasteiger partial charge in [-0.05, 0) is 78.7 Å². The number of fused-ring (bicyclic) bond motifs is 1. The minimum absolute atomic E-state index is 0.219. The van der Waals surface area contributed by atoms with Gasteiger partial charge in [-0.3, -0.25) is 0 Å². The Labute approximate surface area is 205 Å². The summed E-state index contributed by atoms with van der Waals surface area (Å²) in [6.45, 7) is 6.01. The van der Waals surface area contributed by atoms with Crippen LogP contribution in [0.4, 0.5) is 4.39 Å². The van der Waals surface area contributed by atoms with E-state index in [1.54, 1.807) is 6.07 Å². The molecule has 3 aromatic carbocycles. The second kappa shape index (κ2) is 12.0. The van der Waals surface area contributed by atoms with Crippen molar-refractivity contribution in [2.45, 2.75) is 71.1 Å². The van der Waals surface area contributed by atoms with Crippen LogP contribution in [0.1, 0.15) is 80.5 Å². The molecule has 1 aliphatic rings. The molecule has 3 aromatic rings. The van der Waals surface area contributed by atoms with Crippen LogP contribution in [0.3, 0.4) is 0 Å². The first-order valence-electron chi connectivity index (χ1n) is 13.1. The second-order valence-electron chi connectivity index (χ2n) is 9.97. The Hall–Kier alpha value is -2.85. The van der Waals surface area contributed by atoms with Gasteiger partial charge in [-0.1, -0.05) is 93.3 Å². The molecule has 176 valence electrons. The average molecular weight is 453 g/mol. The van der Waals surface area contributed by atoms with Crippen LogP contribution in [0.25, 0.3) is 10.8 Å². The summed E-state index contributed by atoms with van der Waals surface area (Å²) in [7, 11) is 0. The van der Waals surface area contributed by atoms with Crippen LogP contribution in [0.15, 0.2) is 67.3 Å². The van der Waals surface area contributed by atoms with Gasteiger partial charge in [0.25, 0.3) is 0 Å². The SMILES string of the molecule is C=CCCC1CCC(CCc2ccc(C#Cc3ccc4cc(CCC)ccc4c3F)cc2)CC1. The van der Waals surface area contributed by atoms with Crippen LogP contribution in [0.5, 0.6) is 0 Å². The highest BCUT2D eigenvalue weighted by molar-refractivity contribution is 5.85. The van der Waals surface area contributed by atoms with Crippen LogP contribution in [0.2, 0.25) is 0 Å². The number of halogens is 1. The predicted octanol–water partition coefficient (Wildman–Crippen LogP) is 9.04. The molecule has 1 fully saturated rings. The fourth-order valence-corrected chi connectivity index (χ4v) is 5.31.